The lowest BCUT2D eigenvalue weighted by Crippen LogP contribution is -2.29. The van der Waals surface area contributed by atoms with Crippen molar-refractivity contribution < 1.29 is 4.74 Å². The topological polar surface area (TPSA) is 21.3 Å². The molecule has 0 saturated heterocycles. The van der Waals surface area contributed by atoms with E-state index >= 15 is 0 Å². The molecule has 0 heterocycles. The molecule has 2 aliphatic rings. The highest BCUT2D eigenvalue weighted by Crippen LogP contribution is 2.49. The van der Waals surface area contributed by atoms with Gasteiger partial charge in [-0.25, -0.2) is 0 Å². The fourth-order valence-corrected chi connectivity index (χ4v) is 3.38. The van der Waals surface area contributed by atoms with Crippen LogP contribution in [0.3, 0.4) is 0 Å². The molecular formula is C18H27NO. The molecular weight excluding hydrogens is 246 g/mol. The average Bonchev–Trinajstić information content (AvgIpc) is 3.38. The molecule has 2 heteroatoms. The Morgan fingerprint density at radius 1 is 1.10 bits per heavy atom. The normalized spacial score (nSPS) is 20.1. The Labute approximate surface area is 122 Å². The first-order valence-corrected chi connectivity index (χ1v) is 8.19. The molecule has 1 aromatic carbocycles. The first-order valence-electron chi connectivity index (χ1n) is 8.19. The summed E-state index contributed by atoms with van der Waals surface area (Å²) >= 11 is 0. The van der Waals surface area contributed by atoms with E-state index in [0.29, 0.717) is 6.04 Å². The molecule has 110 valence electrons. The summed E-state index contributed by atoms with van der Waals surface area (Å²) < 4.78 is 5.24. The van der Waals surface area contributed by atoms with E-state index in [0.717, 1.165) is 29.9 Å². The van der Waals surface area contributed by atoms with Crippen molar-refractivity contribution in [3.63, 3.8) is 0 Å². The Bertz CT molecular complexity index is 408. The van der Waals surface area contributed by atoms with E-state index < -0.39 is 0 Å². The first kappa shape index (κ1) is 13.9. The summed E-state index contributed by atoms with van der Waals surface area (Å²) in [7, 11) is 1.72. The standard InChI is InChI=1S/C18H27NO/c1-3-18(15-8-10-16(20-2)11-9-15)19-12-17(13-4-5-13)14-6-7-14/h8-11,13-14,17-19H,3-7,12H2,1-2H3. The van der Waals surface area contributed by atoms with Crippen LogP contribution in [-0.2, 0) is 0 Å². The largest absolute Gasteiger partial charge is 0.497 e. The van der Waals surface area contributed by atoms with Crippen molar-refractivity contribution >= 4 is 0 Å². The van der Waals surface area contributed by atoms with Crippen molar-refractivity contribution in [3.8, 4) is 5.75 Å². The monoisotopic (exact) mass is 273 g/mol. The lowest BCUT2D eigenvalue weighted by molar-refractivity contribution is 0.352. The maximum Gasteiger partial charge on any atom is 0.118 e. The Balaban J connectivity index is 1.57. The number of rotatable bonds is 8. The van der Waals surface area contributed by atoms with E-state index in [9.17, 15) is 0 Å². The predicted octanol–water partition coefficient (Wildman–Crippen LogP) is 4.17. The van der Waals surface area contributed by atoms with E-state index in [2.05, 4.69) is 36.5 Å². The van der Waals surface area contributed by atoms with Crippen LogP contribution in [0.1, 0.15) is 50.6 Å². The Morgan fingerprint density at radius 2 is 1.70 bits per heavy atom. The number of hydrogen-bond acceptors (Lipinski definition) is 2. The summed E-state index contributed by atoms with van der Waals surface area (Å²) in [6, 6.07) is 9.02. The van der Waals surface area contributed by atoms with Crippen molar-refractivity contribution in [1.82, 2.24) is 5.32 Å². The second-order valence-corrected chi connectivity index (χ2v) is 6.48. The molecule has 2 nitrogen and oxygen atoms in total. The fourth-order valence-electron chi connectivity index (χ4n) is 3.38. The van der Waals surface area contributed by atoms with Gasteiger partial charge in [-0.15, -0.1) is 0 Å². The van der Waals surface area contributed by atoms with Gasteiger partial charge in [0.1, 0.15) is 5.75 Å². The zero-order valence-electron chi connectivity index (χ0n) is 12.8. The van der Waals surface area contributed by atoms with Crippen LogP contribution in [0.4, 0.5) is 0 Å². The lowest BCUT2D eigenvalue weighted by Gasteiger charge is -2.22. The van der Waals surface area contributed by atoms with Gasteiger partial charge in [0.15, 0.2) is 0 Å². The number of ether oxygens (including phenoxy) is 1. The molecule has 1 unspecified atom stereocenters. The zero-order chi connectivity index (χ0) is 13.9. The number of hydrogen-bond donors (Lipinski definition) is 1. The van der Waals surface area contributed by atoms with E-state index in [1.165, 1.54) is 37.8 Å². The minimum Gasteiger partial charge on any atom is -0.497 e. The van der Waals surface area contributed by atoms with Crippen LogP contribution in [0.25, 0.3) is 0 Å². The van der Waals surface area contributed by atoms with Gasteiger partial charge in [0.2, 0.25) is 0 Å². The summed E-state index contributed by atoms with van der Waals surface area (Å²) in [4.78, 5) is 0. The molecule has 1 aromatic rings. The Morgan fingerprint density at radius 3 is 2.15 bits per heavy atom. The van der Waals surface area contributed by atoms with Gasteiger partial charge in [0.05, 0.1) is 7.11 Å². The van der Waals surface area contributed by atoms with Crippen LogP contribution in [0, 0.1) is 17.8 Å². The van der Waals surface area contributed by atoms with E-state index in [-0.39, 0.29) is 0 Å². The molecule has 0 amide bonds. The maximum absolute atomic E-state index is 5.24. The summed E-state index contributed by atoms with van der Waals surface area (Å²) in [5, 5.41) is 3.83. The highest BCUT2D eigenvalue weighted by atomic mass is 16.5. The highest BCUT2D eigenvalue weighted by Gasteiger charge is 2.41. The van der Waals surface area contributed by atoms with Crippen molar-refractivity contribution in [2.75, 3.05) is 13.7 Å². The summed E-state index contributed by atoms with van der Waals surface area (Å²) in [6.07, 6.45) is 7.04. The molecule has 20 heavy (non-hydrogen) atoms. The van der Waals surface area contributed by atoms with Gasteiger partial charge in [-0.1, -0.05) is 19.1 Å². The van der Waals surface area contributed by atoms with Gasteiger partial charge in [0, 0.05) is 6.04 Å². The van der Waals surface area contributed by atoms with Gasteiger partial charge in [0.25, 0.3) is 0 Å². The molecule has 1 atom stereocenters. The van der Waals surface area contributed by atoms with Crippen LogP contribution in [0.15, 0.2) is 24.3 Å². The van der Waals surface area contributed by atoms with Crippen molar-refractivity contribution in [2.45, 2.75) is 45.1 Å². The molecule has 2 fully saturated rings. The second kappa shape index (κ2) is 6.17. The molecule has 3 rings (SSSR count). The lowest BCUT2D eigenvalue weighted by atomic mass is 9.96. The van der Waals surface area contributed by atoms with Gasteiger partial charge >= 0.3 is 0 Å². The molecule has 1 N–H and O–H groups in total. The summed E-state index contributed by atoms with van der Waals surface area (Å²) in [5.74, 6) is 3.95. The van der Waals surface area contributed by atoms with Gasteiger partial charge < -0.3 is 10.1 Å². The SMILES string of the molecule is CCC(NCC(C1CC1)C1CC1)c1ccc(OC)cc1. The second-order valence-electron chi connectivity index (χ2n) is 6.48. The highest BCUT2D eigenvalue weighted by molar-refractivity contribution is 5.29. The zero-order valence-corrected chi connectivity index (χ0v) is 12.8. The van der Waals surface area contributed by atoms with Crippen LogP contribution in [-0.4, -0.2) is 13.7 Å². The molecule has 0 bridgehead atoms. The molecule has 0 spiro atoms. The molecule has 2 saturated carbocycles. The van der Waals surface area contributed by atoms with Crippen LogP contribution >= 0.6 is 0 Å². The van der Waals surface area contributed by atoms with Crippen LogP contribution in [0.5, 0.6) is 5.75 Å². The van der Waals surface area contributed by atoms with Crippen molar-refractivity contribution in [1.29, 1.82) is 0 Å². The molecule has 2 aliphatic carbocycles. The minimum absolute atomic E-state index is 0.487. The van der Waals surface area contributed by atoms with E-state index in [4.69, 9.17) is 4.74 Å². The Kier molecular flexibility index (Phi) is 4.30. The van der Waals surface area contributed by atoms with Gasteiger partial charge in [-0.2, -0.15) is 0 Å². The van der Waals surface area contributed by atoms with Gasteiger partial charge in [-0.3, -0.25) is 0 Å². The van der Waals surface area contributed by atoms with E-state index in [1.54, 1.807) is 7.11 Å². The van der Waals surface area contributed by atoms with Crippen LogP contribution < -0.4 is 10.1 Å². The molecule has 0 aliphatic heterocycles. The maximum atomic E-state index is 5.24. The van der Waals surface area contributed by atoms with E-state index in [1.807, 2.05) is 0 Å². The number of methoxy groups -OCH3 is 1. The Hall–Kier alpha value is -1.02. The summed E-state index contributed by atoms with van der Waals surface area (Å²) in [6.45, 7) is 3.48. The molecule has 0 aromatic heterocycles. The van der Waals surface area contributed by atoms with Crippen molar-refractivity contribution in [2.24, 2.45) is 17.8 Å². The molecule has 0 radical (unpaired) electrons. The first-order chi connectivity index (χ1) is 9.81. The smallest absolute Gasteiger partial charge is 0.118 e. The quantitative estimate of drug-likeness (QED) is 0.767. The van der Waals surface area contributed by atoms with Crippen molar-refractivity contribution in [3.05, 3.63) is 29.8 Å². The third-order valence-corrected chi connectivity index (χ3v) is 4.98. The fraction of sp³-hybridized carbons (Fsp3) is 0.667. The minimum atomic E-state index is 0.487. The summed E-state index contributed by atoms with van der Waals surface area (Å²) in [5.41, 5.74) is 1.39. The predicted molar refractivity (Wildman–Crippen MR) is 83.0 cm³/mol. The average molecular weight is 273 g/mol. The van der Waals surface area contributed by atoms with Crippen LogP contribution in [0.2, 0.25) is 0 Å². The third-order valence-electron chi connectivity index (χ3n) is 4.98. The number of benzene rings is 1. The number of nitrogens with one attached hydrogen (secondary N) is 1. The third kappa shape index (κ3) is 3.35. The van der Waals surface area contributed by atoms with Gasteiger partial charge in [-0.05, 0) is 74.1 Å².